The van der Waals surface area contributed by atoms with E-state index in [0.29, 0.717) is 0 Å². The van der Waals surface area contributed by atoms with Crippen LogP contribution in [0.25, 0.3) is 0 Å². The number of alkyl halides is 1. The standard InChI is InChI=1S/C8H9Br2N/c1-6-4-7(11-5-9)2-3-8(6)10/h2-4,11H,5H2,1H3. The maximum Gasteiger partial charge on any atom is 0.0707 e. The summed E-state index contributed by atoms with van der Waals surface area (Å²) in [5.41, 5.74) is 3.17. The van der Waals surface area contributed by atoms with Crippen molar-refractivity contribution in [2.24, 2.45) is 0 Å². The van der Waals surface area contributed by atoms with Gasteiger partial charge in [-0.25, -0.2) is 0 Å². The Hall–Kier alpha value is -0.0200. The van der Waals surface area contributed by atoms with Gasteiger partial charge in [0.1, 0.15) is 0 Å². The summed E-state index contributed by atoms with van der Waals surface area (Å²) in [4.78, 5) is 0. The first kappa shape index (κ1) is 9.07. The third-order valence-electron chi connectivity index (χ3n) is 1.43. The first-order valence-corrected chi connectivity index (χ1v) is 5.21. The molecule has 11 heavy (non-hydrogen) atoms. The van der Waals surface area contributed by atoms with Crippen LogP contribution < -0.4 is 5.32 Å². The molecule has 0 aliphatic heterocycles. The Labute approximate surface area is 83.4 Å². The van der Waals surface area contributed by atoms with E-state index in [1.165, 1.54) is 5.56 Å². The van der Waals surface area contributed by atoms with Crippen LogP contribution in [0, 0.1) is 6.92 Å². The predicted molar refractivity (Wildman–Crippen MR) is 56.3 cm³/mol. The molecule has 0 saturated carbocycles. The van der Waals surface area contributed by atoms with E-state index in [2.05, 4.69) is 50.2 Å². The molecule has 0 amide bonds. The van der Waals surface area contributed by atoms with Crippen LogP contribution in [0.15, 0.2) is 22.7 Å². The van der Waals surface area contributed by atoms with Crippen molar-refractivity contribution < 1.29 is 0 Å². The zero-order valence-corrected chi connectivity index (χ0v) is 9.37. The third kappa shape index (κ3) is 2.49. The van der Waals surface area contributed by atoms with Crippen molar-refractivity contribution in [2.45, 2.75) is 6.92 Å². The van der Waals surface area contributed by atoms with Gasteiger partial charge in [0.05, 0.1) is 5.45 Å². The monoisotopic (exact) mass is 277 g/mol. The minimum absolute atomic E-state index is 0.786. The molecule has 3 heteroatoms. The lowest BCUT2D eigenvalue weighted by Crippen LogP contribution is -1.93. The molecule has 1 rings (SSSR count). The van der Waals surface area contributed by atoms with Crippen LogP contribution >= 0.6 is 31.9 Å². The molecule has 0 fully saturated rings. The highest BCUT2D eigenvalue weighted by Crippen LogP contribution is 2.19. The van der Waals surface area contributed by atoms with Crippen molar-refractivity contribution in [3.63, 3.8) is 0 Å². The van der Waals surface area contributed by atoms with Crippen molar-refractivity contribution in [1.82, 2.24) is 0 Å². The van der Waals surface area contributed by atoms with Gasteiger partial charge in [-0.2, -0.15) is 0 Å². The average molecular weight is 279 g/mol. The van der Waals surface area contributed by atoms with Crippen molar-refractivity contribution >= 4 is 37.5 Å². The van der Waals surface area contributed by atoms with Crippen molar-refractivity contribution in [2.75, 3.05) is 10.8 Å². The Morgan fingerprint density at radius 2 is 2.18 bits per heavy atom. The Bertz CT molecular complexity index is 248. The van der Waals surface area contributed by atoms with E-state index in [0.717, 1.165) is 15.6 Å². The largest absolute Gasteiger partial charge is 0.375 e. The Morgan fingerprint density at radius 3 is 2.73 bits per heavy atom. The molecule has 0 aromatic heterocycles. The number of halogens is 2. The van der Waals surface area contributed by atoms with Crippen molar-refractivity contribution in [3.8, 4) is 0 Å². The summed E-state index contributed by atoms with van der Waals surface area (Å²) in [6.45, 7) is 2.07. The Balaban J connectivity index is 2.86. The predicted octanol–water partition coefficient (Wildman–Crippen LogP) is 3.52. The van der Waals surface area contributed by atoms with Gasteiger partial charge in [-0.05, 0) is 30.7 Å². The van der Waals surface area contributed by atoms with E-state index in [1.54, 1.807) is 0 Å². The third-order valence-corrected chi connectivity index (χ3v) is 2.60. The molecular weight excluding hydrogens is 270 g/mol. The molecule has 0 radical (unpaired) electrons. The topological polar surface area (TPSA) is 12.0 Å². The molecule has 1 N–H and O–H groups in total. The fraction of sp³-hybridized carbons (Fsp3) is 0.250. The molecule has 0 aliphatic rings. The fourth-order valence-electron chi connectivity index (χ4n) is 0.832. The van der Waals surface area contributed by atoms with Gasteiger partial charge in [-0.1, -0.05) is 31.9 Å². The van der Waals surface area contributed by atoms with E-state index in [1.807, 2.05) is 12.1 Å². The van der Waals surface area contributed by atoms with Gasteiger partial charge in [0.2, 0.25) is 0 Å². The smallest absolute Gasteiger partial charge is 0.0707 e. The van der Waals surface area contributed by atoms with Crippen LogP contribution in [-0.2, 0) is 0 Å². The second-order valence-corrected chi connectivity index (χ2v) is 3.69. The molecule has 0 unspecified atom stereocenters. The molecule has 1 aromatic rings. The number of anilines is 1. The summed E-state index contributed by atoms with van der Waals surface area (Å²) in [5.74, 6) is 0. The highest BCUT2D eigenvalue weighted by molar-refractivity contribution is 9.10. The second kappa shape index (κ2) is 4.12. The molecule has 60 valence electrons. The molecule has 1 aromatic carbocycles. The van der Waals surface area contributed by atoms with Gasteiger partial charge in [0.15, 0.2) is 0 Å². The maximum absolute atomic E-state index is 3.44. The normalized spacial score (nSPS) is 9.73. The quantitative estimate of drug-likeness (QED) is 0.645. The summed E-state index contributed by atoms with van der Waals surface area (Å²) in [6.07, 6.45) is 0. The Kier molecular flexibility index (Phi) is 3.40. The Morgan fingerprint density at radius 1 is 1.45 bits per heavy atom. The van der Waals surface area contributed by atoms with Crippen LogP contribution in [0.1, 0.15) is 5.56 Å². The van der Waals surface area contributed by atoms with E-state index in [4.69, 9.17) is 0 Å². The summed E-state index contributed by atoms with van der Waals surface area (Å²) >= 11 is 6.75. The zero-order chi connectivity index (χ0) is 8.27. The van der Waals surface area contributed by atoms with E-state index < -0.39 is 0 Å². The number of rotatable bonds is 2. The van der Waals surface area contributed by atoms with E-state index >= 15 is 0 Å². The summed E-state index contributed by atoms with van der Waals surface area (Å²) in [6, 6.07) is 6.18. The highest BCUT2D eigenvalue weighted by atomic mass is 79.9. The van der Waals surface area contributed by atoms with Gasteiger partial charge >= 0.3 is 0 Å². The van der Waals surface area contributed by atoms with Gasteiger partial charge in [0.25, 0.3) is 0 Å². The van der Waals surface area contributed by atoms with E-state index in [-0.39, 0.29) is 0 Å². The molecule has 0 saturated heterocycles. The second-order valence-electron chi connectivity index (χ2n) is 2.27. The molecule has 0 bridgehead atoms. The van der Waals surface area contributed by atoms with E-state index in [9.17, 15) is 0 Å². The lowest BCUT2D eigenvalue weighted by molar-refractivity contribution is 1.39. The highest BCUT2D eigenvalue weighted by Gasteiger charge is 1.94. The first-order chi connectivity index (χ1) is 5.24. The number of aryl methyl sites for hydroxylation is 1. The molecule has 0 aliphatic carbocycles. The molecular formula is C8H9Br2N. The number of benzene rings is 1. The van der Waals surface area contributed by atoms with Crippen molar-refractivity contribution in [1.29, 1.82) is 0 Å². The van der Waals surface area contributed by atoms with Gasteiger partial charge in [-0.15, -0.1) is 0 Å². The van der Waals surface area contributed by atoms with Crippen molar-refractivity contribution in [3.05, 3.63) is 28.2 Å². The lowest BCUT2D eigenvalue weighted by Gasteiger charge is -2.03. The molecule has 0 atom stereocenters. The van der Waals surface area contributed by atoms with Crippen LogP contribution in [-0.4, -0.2) is 5.45 Å². The number of hydrogen-bond donors (Lipinski definition) is 1. The van der Waals surface area contributed by atoms with Crippen LogP contribution in [0.5, 0.6) is 0 Å². The summed E-state index contributed by atoms with van der Waals surface area (Å²) in [5, 5.41) is 3.17. The molecule has 1 nitrogen and oxygen atoms in total. The fourth-order valence-corrected chi connectivity index (χ4v) is 1.40. The SMILES string of the molecule is Cc1cc(NCBr)ccc1Br. The zero-order valence-electron chi connectivity index (χ0n) is 6.20. The van der Waals surface area contributed by atoms with Crippen LogP contribution in [0.2, 0.25) is 0 Å². The minimum atomic E-state index is 0.786. The first-order valence-electron chi connectivity index (χ1n) is 3.30. The number of nitrogens with one attached hydrogen (secondary N) is 1. The minimum Gasteiger partial charge on any atom is -0.375 e. The average Bonchev–Trinajstić information content (AvgIpc) is 1.98. The summed E-state index contributed by atoms with van der Waals surface area (Å²) in [7, 11) is 0. The van der Waals surface area contributed by atoms with Gasteiger partial charge in [0, 0.05) is 10.2 Å². The van der Waals surface area contributed by atoms with Gasteiger partial charge < -0.3 is 5.32 Å². The van der Waals surface area contributed by atoms with Crippen LogP contribution in [0.3, 0.4) is 0 Å². The van der Waals surface area contributed by atoms with Crippen LogP contribution in [0.4, 0.5) is 5.69 Å². The maximum atomic E-state index is 3.44. The van der Waals surface area contributed by atoms with Gasteiger partial charge in [-0.3, -0.25) is 0 Å². The number of hydrogen-bond acceptors (Lipinski definition) is 1. The molecule has 0 spiro atoms. The molecule has 0 heterocycles. The summed E-state index contributed by atoms with van der Waals surface area (Å²) < 4.78 is 1.15. The lowest BCUT2D eigenvalue weighted by atomic mass is 10.2.